The third kappa shape index (κ3) is 3.83. The number of sulfonamides is 1. The first-order chi connectivity index (χ1) is 11.4. The standard InChI is InChI=1S/C14H15N3O5S2/c1-9-15-8-10(23-9)6-14(18)16-17-24(19,20)11-2-3-12-13(7-11)22-5-4-21-12/h2-3,7-8,17H,4-6H2,1H3,(H,16,18). The van der Waals surface area contributed by atoms with Crippen molar-refractivity contribution in [2.24, 2.45) is 0 Å². The van der Waals surface area contributed by atoms with Crippen molar-refractivity contribution in [1.82, 2.24) is 15.2 Å². The third-order valence-electron chi connectivity index (χ3n) is 3.15. The van der Waals surface area contributed by atoms with Gasteiger partial charge in [-0.3, -0.25) is 10.2 Å². The Bertz CT molecular complexity index is 863. The maximum Gasteiger partial charge on any atom is 0.257 e. The van der Waals surface area contributed by atoms with Crippen LogP contribution in [0.4, 0.5) is 0 Å². The number of carbonyl (C=O) groups is 1. The van der Waals surface area contributed by atoms with Gasteiger partial charge in [0.25, 0.3) is 10.0 Å². The fraction of sp³-hybridized carbons (Fsp3) is 0.286. The Kier molecular flexibility index (Phi) is 4.69. The summed E-state index contributed by atoms with van der Waals surface area (Å²) in [5.41, 5.74) is 2.19. The highest BCUT2D eigenvalue weighted by Crippen LogP contribution is 2.32. The number of hydrazine groups is 1. The fourth-order valence-electron chi connectivity index (χ4n) is 2.06. The van der Waals surface area contributed by atoms with Crippen molar-refractivity contribution in [3.63, 3.8) is 0 Å². The van der Waals surface area contributed by atoms with E-state index in [-0.39, 0.29) is 11.3 Å². The van der Waals surface area contributed by atoms with Gasteiger partial charge in [0, 0.05) is 17.1 Å². The molecule has 1 aliphatic rings. The summed E-state index contributed by atoms with van der Waals surface area (Å²) in [5.74, 6) is 0.375. The normalized spacial score (nSPS) is 13.5. The van der Waals surface area contributed by atoms with Crippen LogP contribution in [0, 0.1) is 6.92 Å². The minimum Gasteiger partial charge on any atom is -0.486 e. The van der Waals surface area contributed by atoms with Crippen LogP contribution in [0.3, 0.4) is 0 Å². The number of benzene rings is 1. The molecule has 2 aromatic rings. The van der Waals surface area contributed by atoms with Gasteiger partial charge >= 0.3 is 0 Å². The Morgan fingerprint density at radius 1 is 1.29 bits per heavy atom. The van der Waals surface area contributed by atoms with Crippen LogP contribution in [-0.4, -0.2) is 32.5 Å². The van der Waals surface area contributed by atoms with Crippen LogP contribution in [0.15, 0.2) is 29.3 Å². The molecule has 1 aromatic carbocycles. The van der Waals surface area contributed by atoms with E-state index in [0.29, 0.717) is 24.7 Å². The van der Waals surface area contributed by atoms with Crippen LogP contribution in [0.2, 0.25) is 0 Å². The molecule has 0 saturated carbocycles. The SMILES string of the molecule is Cc1ncc(CC(=O)NNS(=O)(=O)c2ccc3c(c2)OCCO3)s1. The van der Waals surface area contributed by atoms with Gasteiger partial charge < -0.3 is 9.47 Å². The zero-order chi connectivity index (χ0) is 17.2. The van der Waals surface area contributed by atoms with Crippen molar-refractivity contribution in [2.75, 3.05) is 13.2 Å². The van der Waals surface area contributed by atoms with Crippen molar-refractivity contribution in [1.29, 1.82) is 0 Å². The molecule has 0 radical (unpaired) electrons. The van der Waals surface area contributed by atoms with Gasteiger partial charge in [0.15, 0.2) is 11.5 Å². The highest BCUT2D eigenvalue weighted by atomic mass is 32.2. The lowest BCUT2D eigenvalue weighted by Crippen LogP contribution is -2.42. The molecule has 1 amide bonds. The number of rotatable bonds is 5. The topological polar surface area (TPSA) is 107 Å². The minimum absolute atomic E-state index is 0.0271. The van der Waals surface area contributed by atoms with E-state index in [9.17, 15) is 13.2 Å². The molecule has 1 aromatic heterocycles. The first-order valence-corrected chi connectivity index (χ1v) is 9.35. The smallest absolute Gasteiger partial charge is 0.257 e. The van der Waals surface area contributed by atoms with Gasteiger partial charge in [-0.2, -0.15) is 0 Å². The van der Waals surface area contributed by atoms with Gasteiger partial charge in [-0.05, 0) is 19.1 Å². The Hall–Kier alpha value is -2.17. The quantitative estimate of drug-likeness (QED) is 0.754. The predicted molar refractivity (Wildman–Crippen MR) is 86.5 cm³/mol. The molecule has 10 heteroatoms. The molecule has 0 atom stereocenters. The van der Waals surface area contributed by atoms with E-state index in [0.717, 1.165) is 9.88 Å². The molecule has 0 aliphatic carbocycles. The summed E-state index contributed by atoms with van der Waals surface area (Å²) in [5, 5.41) is 0.842. The number of nitrogens with zero attached hydrogens (tertiary/aromatic N) is 1. The maximum absolute atomic E-state index is 12.2. The Balaban J connectivity index is 1.64. The zero-order valence-electron chi connectivity index (χ0n) is 12.7. The Labute approximate surface area is 142 Å². The predicted octanol–water partition coefficient (Wildman–Crippen LogP) is 0.775. The number of nitrogens with one attached hydrogen (secondary N) is 2. The summed E-state index contributed by atoms with van der Waals surface area (Å²) in [7, 11) is -3.91. The molecule has 2 heterocycles. The van der Waals surface area contributed by atoms with Crippen molar-refractivity contribution < 1.29 is 22.7 Å². The van der Waals surface area contributed by atoms with Crippen molar-refractivity contribution in [3.05, 3.63) is 34.3 Å². The van der Waals surface area contributed by atoms with Crippen LogP contribution < -0.4 is 19.7 Å². The van der Waals surface area contributed by atoms with Gasteiger partial charge in [0.2, 0.25) is 5.91 Å². The number of carbonyl (C=O) groups excluding carboxylic acids is 1. The van der Waals surface area contributed by atoms with E-state index in [1.54, 1.807) is 6.20 Å². The molecule has 0 bridgehead atoms. The van der Waals surface area contributed by atoms with Gasteiger partial charge in [-0.15, -0.1) is 16.2 Å². The summed E-state index contributed by atoms with van der Waals surface area (Å²) in [4.78, 5) is 18.7. The lowest BCUT2D eigenvalue weighted by Gasteiger charge is -2.19. The van der Waals surface area contributed by atoms with Gasteiger partial charge in [-0.1, -0.05) is 0 Å². The second-order valence-electron chi connectivity index (χ2n) is 4.98. The van der Waals surface area contributed by atoms with E-state index in [4.69, 9.17) is 9.47 Å². The lowest BCUT2D eigenvalue weighted by atomic mass is 10.3. The minimum atomic E-state index is -3.91. The molecule has 0 unspecified atom stereocenters. The Morgan fingerprint density at radius 2 is 2.04 bits per heavy atom. The number of fused-ring (bicyclic) bond motifs is 1. The average molecular weight is 369 g/mol. The molecule has 0 saturated heterocycles. The van der Waals surface area contributed by atoms with E-state index >= 15 is 0 Å². The Morgan fingerprint density at radius 3 is 2.75 bits per heavy atom. The molecule has 3 rings (SSSR count). The van der Waals surface area contributed by atoms with Crippen LogP contribution in [0.5, 0.6) is 11.5 Å². The monoisotopic (exact) mass is 369 g/mol. The molecular formula is C14H15N3O5S2. The number of amides is 1. The molecule has 8 nitrogen and oxygen atoms in total. The summed E-state index contributed by atoms with van der Waals surface area (Å²) in [6, 6.07) is 4.26. The number of hydrogen-bond donors (Lipinski definition) is 2. The molecule has 2 N–H and O–H groups in total. The zero-order valence-corrected chi connectivity index (χ0v) is 14.4. The number of ether oxygens (including phenoxy) is 2. The van der Waals surface area contributed by atoms with E-state index in [2.05, 4.69) is 15.2 Å². The highest BCUT2D eigenvalue weighted by Gasteiger charge is 2.20. The van der Waals surface area contributed by atoms with Crippen molar-refractivity contribution in [3.8, 4) is 11.5 Å². The van der Waals surface area contributed by atoms with Crippen LogP contribution in [0.1, 0.15) is 9.88 Å². The second-order valence-corrected chi connectivity index (χ2v) is 7.98. The first-order valence-electron chi connectivity index (χ1n) is 7.06. The van der Waals surface area contributed by atoms with Crippen molar-refractivity contribution in [2.45, 2.75) is 18.2 Å². The fourth-order valence-corrected chi connectivity index (χ4v) is 3.73. The van der Waals surface area contributed by atoms with Gasteiger partial charge in [0.1, 0.15) is 13.2 Å². The molecule has 24 heavy (non-hydrogen) atoms. The average Bonchev–Trinajstić information content (AvgIpc) is 2.97. The molecule has 128 valence electrons. The van der Waals surface area contributed by atoms with Crippen LogP contribution in [0.25, 0.3) is 0 Å². The third-order valence-corrected chi connectivity index (χ3v) is 5.31. The largest absolute Gasteiger partial charge is 0.486 e. The maximum atomic E-state index is 12.2. The summed E-state index contributed by atoms with van der Waals surface area (Å²) in [6.45, 7) is 2.61. The highest BCUT2D eigenvalue weighted by molar-refractivity contribution is 7.89. The molecule has 0 spiro atoms. The lowest BCUT2D eigenvalue weighted by molar-refractivity contribution is -0.120. The number of aromatic nitrogens is 1. The molecule has 1 aliphatic heterocycles. The summed E-state index contributed by atoms with van der Waals surface area (Å²) < 4.78 is 35.2. The molecular weight excluding hydrogens is 354 g/mol. The second kappa shape index (κ2) is 6.75. The van der Waals surface area contributed by atoms with Gasteiger partial charge in [-0.25, -0.2) is 13.4 Å². The van der Waals surface area contributed by atoms with E-state index in [1.165, 1.54) is 29.5 Å². The summed E-state index contributed by atoms with van der Waals surface area (Å²) >= 11 is 1.38. The van der Waals surface area contributed by atoms with Gasteiger partial charge in [0.05, 0.1) is 16.3 Å². The number of hydrogen-bond acceptors (Lipinski definition) is 7. The summed E-state index contributed by atoms with van der Waals surface area (Å²) in [6.07, 6.45) is 1.64. The first kappa shape index (κ1) is 16.7. The number of aryl methyl sites for hydroxylation is 1. The van der Waals surface area contributed by atoms with Crippen LogP contribution in [-0.2, 0) is 21.2 Å². The van der Waals surface area contributed by atoms with E-state index < -0.39 is 15.9 Å². The van der Waals surface area contributed by atoms with E-state index in [1.807, 2.05) is 6.92 Å². The van der Waals surface area contributed by atoms with Crippen molar-refractivity contribution >= 4 is 27.3 Å². The number of thiazole rings is 1. The van der Waals surface area contributed by atoms with Crippen LogP contribution >= 0.6 is 11.3 Å². The molecule has 0 fully saturated rings.